The quantitative estimate of drug-likeness (QED) is 0.656. The Morgan fingerprint density at radius 3 is 2.87 bits per heavy atom. The first-order valence-corrected chi connectivity index (χ1v) is 6.17. The van der Waals surface area contributed by atoms with Crippen LogP contribution in [0.3, 0.4) is 0 Å². The minimum atomic E-state index is -0.0690. The summed E-state index contributed by atoms with van der Waals surface area (Å²) in [5.41, 5.74) is 0. The zero-order valence-electron chi connectivity index (χ0n) is 10.00. The van der Waals surface area contributed by atoms with E-state index in [-0.39, 0.29) is 5.97 Å². The average Bonchev–Trinajstić information content (AvgIpc) is 2.21. The Balaban J connectivity index is 2.38. The van der Waals surface area contributed by atoms with Crippen molar-refractivity contribution in [1.82, 2.24) is 4.90 Å². The zero-order valence-corrected chi connectivity index (χ0v) is 10.00. The van der Waals surface area contributed by atoms with Gasteiger partial charge in [0.05, 0.1) is 13.2 Å². The molecule has 0 aromatic heterocycles. The third-order valence-electron chi connectivity index (χ3n) is 3.01. The molecular weight excluding hydrogens is 190 g/mol. The summed E-state index contributed by atoms with van der Waals surface area (Å²) in [7, 11) is 0. The molecule has 0 aliphatic carbocycles. The van der Waals surface area contributed by atoms with Gasteiger partial charge in [-0.2, -0.15) is 0 Å². The van der Waals surface area contributed by atoms with Crippen molar-refractivity contribution in [2.75, 3.05) is 19.7 Å². The third-order valence-corrected chi connectivity index (χ3v) is 3.01. The maximum absolute atomic E-state index is 11.4. The van der Waals surface area contributed by atoms with Crippen molar-refractivity contribution in [2.24, 2.45) is 0 Å². The summed E-state index contributed by atoms with van der Waals surface area (Å²) in [4.78, 5) is 13.7. The number of hydrogen-bond donors (Lipinski definition) is 0. The van der Waals surface area contributed by atoms with Crippen LogP contribution in [0.25, 0.3) is 0 Å². The second-order valence-corrected chi connectivity index (χ2v) is 4.21. The highest BCUT2D eigenvalue weighted by molar-refractivity contribution is 5.71. The third kappa shape index (κ3) is 4.20. The first-order chi connectivity index (χ1) is 7.27. The Kier molecular flexibility index (Phi) is 5.69. The molecule has 3 nitrogen and oxygen atoms in total. The minimum Gasteiger partial charge on any atom is -0.465 e. The topological polar surface area (TPSA) is 29.5 Å². The van der Waals surface area contributed by atoms with Crippen LogP contribution < -0.4 is 0 Å². The highest BCUT2D eigenvalue weighted by Crippen LogP contribution is 2.20. The van der Waals surface area contributed by atoms with Gasteiger partial charge in [-0.3, -0.25) is 9.69 Å². The summed E-state index contributed by atoms with van der Waals surface area (Å²) in [5, 5.41) is 0. The van der Waals surface area contributed by atoms with Crippen LogP contribution in [0.5, 0.6) is 0 Å². The van der Waals surface area contributed by atoms with Crippen molar-refractivity contribution in [3.05, 3.63) is 0 Å². The molecule has 0 bridgehead atoms. The molecule has 3 heteroatoms. The molecule has 1 fully saturated rings. The van der Waals surface area contributed by atoms with E-state index in [0.717, 1.165) is 6.54 Å². The van der Waals surface area contributed by atoms with E-state index in [1.165, 1.54) is 32.1 Å². The Bertz CT molecular complexity index is 192. The molecule has 0 aromatic rings. The predicted molar refractivity (Wildman–Crippen MR) is 60.8 cm³/mol. The van der Waals surface area contributed by atoms with E-state index in [1.54, 1.807) is 0 Å². The number of carbonyl (C=O) groups excluding carboxylic acids is 1. The SMILES string of the molecule is CCCC1CCCCN1CC(=O)OCC. The number of piperidine rings is 1. The summed E-state index contributed by atoms with van der Waals surface area (Å²) in [5.74, 6) is -0.0690. The highest BCUT2D eigenvalue weighted by atomic mass is 16.5. The van der Waals surface area contributed by atoms with Crippen LogP contribution >= 0.6 is 0 Å². The molecule has 1 atom stereocenters. The van der Waals surface area contributed by atoms with Crippen molar-refractivity contribution in [1.29, 1.82) is 0 Å². The molecular formula is C12H23NO2. The Labute approximate surface area is 92.8 Å². The van der Waals surface area contributed by atoms with Gasteiger partial charge in [0.1, 0.15) is 0 Å². The number of hydrogen-bond acceptors (Lipinski definition) is 3. The monoisotopic (exact) mass is 213 g/mol. The van der Waals surface area contributed by atoms with E-state index >= 15 is 0 Å². The smallest absolute Gasteiger partial charge is 0.320 e. The molecule has 1 aliphatic heterocycles. The second kappa shape index (κ2) is 6.83. The molecule has 0 aromatic carbocycles. The van der Waals surface area contributed by atoms with Gasteiger partial charge >= 0.3 is 5.97 Å². The maximum atomic E-state index is 11.4. The van der Waals surface area contributed by atoms with Crippen molar-refractivity contribution in [3.8, 4) is 0 Å². The van der Waals surface area contributed by atoms with Crippen molar-refractivity contribution >= 4 is 5.97 Å². The molecule has 0 radical (unpaired) electrons. The fraction of sp³-hybridized carbons (Fsp3) is 0.917. The maximum Gasteiger partial charge on any atom is 0.320 e. The molecule has 0 saturated carbocycles. The van der Waals surface area contributed by atoms with Crippen LogP contribution in [0, 0.1) is 0 Å². The van der Waals surface area contributed by atoms with Gasteiger partial charge in [-0.05, 0) is 32.7 Å². The number of rotatable bonds is 5. The molecule has 15 heavy (non-hydrogen) atoms. The Morgan fingerprint density at radius 1 is 1.40 bits per heavy atom. The summed E-state index contributed by atoms with van der Waals surface area (Å²) >= 11 is 0. The molecule has 1 heterocycles. The van der Waals surface area contributed by atoms with Crippen LogP contribution in [0.4, 0.5) is 0 Å². The lowest BCUT2D eigenvalue weighted by atomic mass is 9.98. The first kappa shape index (κ1) is 12.5. The van der Waals surface area contributed by atoms with Gasteiger partial charge in [-0.15, -0.1) is 0 Å². The summed E-state index contributed by atoms with van der Waals surface area (Å²) in [6.07, 6.45) is 6.18. The van der Waals surface area contributed by atoms with E-state index in [0.29, 0.717) is 19.2 Å². The largest absolute Gasteiger partial charge is 0.465 e. The summed E-state index contributed by atoms with van der Waals surface area (Å²) in [6, 6.07) is 0.605. The van der Waals surface area contributed by atoms with Gasteiger partial charge in [0, 0.05) is 6.04 Å². The molecule has 1 aliphatic rings. The number of likely N-dealkylation sites (tertiary alicyclic amines) is 1. The molecule has 1 saturated heterocycles. The van der Waals surface area contributed by atoms with E-state index in [1.807, 2.05) is 6.92 Å². The van der Waals surface area contributed by atoms with E-state index in [2.05, 4.69) is 11.8 Å². The van der Waals surface area contributed by atoms with Crippen LogP contribution in [0.2, 0.25) is 0 Å². The minimum absolute atomic E-state index is 0.0690. The molecule has 1 unspecified atom stereocenters. The lowest BCUT2D eigenvalue weighted by Gasteiger charge is -2.34. The number of nitrogens with zero attached hydrogens (tertiary/aromatic N) is 1. The predicted octanol–water partition coefficient (Wildman–Crippen LogP) is 2.20. The molecule has 0 N–H and O–H groups in total. The summed E-state index contributed by atoms with van der Waals surface area (Å²) in [6.45, 7) is 6.10. The van der Waals surface area contributed by atoms with E-state index in [9.17, 15) is 4.79 Å². The lowest BCUT2D eigenvalue weighted by molar-refractivity contribution is -0.145. The molecule has 0 spiro atoms. The normalized spacial score (nSPS) is 22.7. The highest BCUT2D eigenvalue weighted by Gasteiger charge is 2.23. The van der Waals surface area contributed by atoms with Gasteiger partial charge in [0.2, 0.25) is 0 Å². The lowest BCUT2D eigenvalue weighted by Crippen LogP contribution is -2.42. The van der Waals surface area contributed by atoms with E-state index < -0.39 is 0 Å². The standard InChI is InChI=1S/C12H23NO2/c1-3-7-11-8-5-6-9-13(11)10-12(14)15-4-2/h11H,3-10H2,1-2H3. The fourth-order valence-corrected chi connectivity index (χ4v) is 2.30. The fourth-order valence-electron chi connectivity index (χ4n) is 2.30. The molecule has 88 valence electrons. The molecule has 1 rings (SSSR count). The Hall–Kier alpha value is -0.570. The van der Waals surface area contributed by atoms with Crippen LogP contribution in [0.1, 0.15) is 46.0 Å². The second-order valence-electron chi connectivity index (χ2n) is 4.21. The van der Waals surface area contributed by atoms with E-state index in [4.69, 9.17) is 4.74 Å². The average molecular weight is 213 g/mol. The zero-order chi connectivity index (χ0) is 11.1. The van der Waals surface area contributed by atoms with Crippen molar-refractivity contribution in [2.45, 2.75) is 52.0 Å². The van der Waals surface area contributed by atoms with Crippen LogP contribution in [0.15, 0.2) is 0 Å². The van der Waals surface area contributed by atoms with Gasteiger partial charge in [-0.25, -0.2) is 0 Å². The first-order valence-electron chi connectivity index (χ1n) is 6.17. The van der Waals surface area contributed by atoms with Gasteiger partial charge in [0.25, 0.3) is 0 Å². The summed E-state index contributed by atoms with van der Waals surface area (Å²) < 4.78 is 4.99. The number of ether oxygens (including phenoxy) is 1. The van der Waals surface area contributed by atoms with Gasteiger partial charge < -0.3 is 4.74 Å². The van der Waals surface area contributed by atoms with Crippen molar-refractivity contribution in [3.63, 3.8) is 0 Å². The number of carbonyl (C=O) groups is 1. The van der Waals surface area contributed by atoms with Gasteiger partial charge in [-0.1, -0.05) is 19.8 Å². The van der Waals surface area contributed by atoms with Crippen LogP contribution in [-0.2, 0) is 9.53 Å². The molecule has 0 amide bonds. The number of esters is 1. The van der Waals surface area contributed by atoms with Gasteiger partial charge in [0.15, 0.2) is 0 Å². The Morgan fingerprint density at radius 2 is 2.20 bits per heavy atom. The van der Waals surface area contributed by atoms with Crippen LogP contribution in [-0.4, -0.2) is 36.6 Å². The van der Waals surface area contributed by atoms with Crippen molar-refractivity contribution < 1.29 is 9.53 Å².